The van der Waals surface area contributed by atoms with E-state index in [4.69, 9.17) is 32.7 Å². The van der Waals surface area contributed by atoms with Crippen LogP contribution in [0.2, 0.25) is 10.0 Å². The number of hydrogen-bond acceptors (Lipinski definition) is 6. The summed E-state index contributed by atoms with van der Waals surface area (Å²) in [4.78, 5) is 14.2. The Kier molecular flexibility index (Phi) is 7.98. The molecule has 1 atom stereocenters. The number of thiophene rings is 1. The van der Waals surface area contributed by atoms with E-state index in [-0.39, 0.29) is 28.0 Å². The summed E-state index contributed by atoms with van der Waals surface area (Å²) in [6.45, 7) is -0.797. The van der Waals surface area contributed by atoms with E-state index in [0.29, 0.717) is 33.3 Å². The van der Waals surface area contributed by atoms with Crippen LogP contribution in [0.15, 0.2) is 42.7 Å². The minimum absolute atomic E-state index is 0.0335. The Morgan fingerprint density at radius 2 is 1.89 bits per heavy atom. The van der Waals surface area contributed by atoms with Crippen molar-refractivity contribution >= 4 is 40.5 Å². The van der Waals surface area contributed by atoms with E-state index in [0.717, 1.165) is 30.1 Å². The molecule has 2 heterocycles. The molecule has 0 N–H and O–H groups in total. The maximum atomic E-state index is 12.9. The molecule has 6 nitrogen and oxygen atoms in total. The van der Waals surface area contributed by atoms with Gasteiger partial charge in [-0.1, -0.05) is 29.3 Å². The van der Waals surface area contributed by atoms with Gasteiger partial charge in [-0.15, -0.1) is 11.3 Å². The predicted molar refractivity (Wildman–Crippen MR) is 128 cm³/mol. The maximum absolute atomic E-state index is 12.9. The van der Waals surface area contributed by atoms with Gasteiger partial charge in [0.25, 0.3) is 0 Å². The number of halogens is 4. The van der Waals surface area contributed by atoms with Crippen LogP contribution in [0, 0.1) is 18.0 Å². The number of hydrogen-bond donors (Lipinski definition) is 0. The summed E-state index contributed by atoms with van der Waals surface area (Å²) in [5.41, 5.74) is 0.860. The molecule has 0 unspecified atom stereocenters. The lowest BCUT2D eigenvalue weighted by atomic mass is 10.0. The topological polar surface area (TPSA) is 71.7 Å². The van der Waals surface area contributed by atoms with Gasteiger partial charge in [-0.3, -0.25) is 0 Å². The molecular weight excluding hydrogens is 523 g/mol. The number of aromatic nitrogens is 1. The van der Waals surface area contributed by atoms with Gasteiger partial charge in [0.2, 0.25) is 0 Å². The van der Waals surface area contributed by atoms with Gasteiger partial charge in [0, 0.05) is 16.9 Å². The van der Waals surface area contributed by atoms with Gasteiger partial charge in [-0.05, 0) is 55.5 Å². The summed E-state index contributed by atoms with van der Waals surface area (Å²) in [5.74, 6) is -0.199. The number of pyridine rings is 1. The average molecular weight is 544 g/mol. The van der Waals surface area contributed by atoms with Crippen LogP contribution >= 0.6 is 34.5 Å². The minimum atomic E-state index is -3.03. The predicted octanol–water partition coefficient (Wildman–Crippen LogP) is 6.53. The first-order chi connectivity index (χ1) is 16.7. The fourth-order valence-corrected chi connectivity index (χ4v) is 4.74. The van der Waals surface area contributed by atoms with E-state index in [1.165, 1.54) is 29.5 Å². The number of carbonyl (C=O) groups is 1. The Morgan fingerprint density at radius 1 is 1.17 bits per heavy atom. The van der Waals surface area contributed by atoms with E-state index < -0.39 is 18.7 Å². The van der Waals surface area contributed by atoms with Crippen LogP contribution in [0.4, 0.5) is 8.78 Å². The van der Waals surface area contributed by atoms with Crippen molar-refractivity contribution in [2.24, 2.45) is 5.92 Å². The molecule has 186 valence electrons. The first kappa shape index (κ1) is 25.5. The van der Waals surface area contributed by atoms with Gasteiger partial charge >= 0.3 is 12.6 Å². The lowest BCUT2D eigenvalue weighted by Crippen LogP contribution is -2.25. The zero-order chi connectivity index (χ0) is 25.1. The highest BCUT2D eigenvalue weighted by Gasteiger charge is 2.27. The smallest absolute Gasteiger partial charge is 0.387 e. The second kappa shape index (κ2) is 11.0. The molecule has 2 aromatic heterocycles. The summed E-state index contributed by atoms with van der Waals surface area (Å²) in [7, 11) is 0. The molecule has 0 saturated heterocycles. The molecule has 4 rings (SSSR count). The number of carbonyl (C=O) groups excluding carboxylic acids is 1. The van der Waals surface area contributed by atoms with Crippen molar-refractivity contribution in [2.45, 2.75) is 38.9 Å². The van der Waals surface area contributed by atoms with Crippen molar-refractivity contribution in [1.82, 2.24) is 0 Å². The van der Waals surface area contributed by atoms with Crippen LogP contribution in [0.5, 0.6) is 11.5 Å². The van der Waals surface area contributed by atoms with Gasteiger partial charge in [-0.2, -0.15) is 13.5 Å². The van der Waals surface area contributed by atoms with Gasteiger partial charge in [0.05, 0.1) is 6.61 Å². The molecular formula is C24H21Cl2F2NO5S. The van der Waals surface area contributed by atoms with Crippen LogP contribution in [-0.4, -0.2) is 19.2 Å². The third kappa shape index (κ3) is 6.74. The molecule has 0 aliphatic heterocycles. The Bertz CT molecular complexity index is 1200. The first-order valence-corrected chi connectivity index (χ1v) is 12.3. The second-order valence-corrected chi connectivity index (χ2v) is 10.2. The van der Waals surface area contributed by atoms with Crippen molar-refractivity contribution in [1.29, 1.82) is 0 Å². The van der Waals surface area contributed by atoms with E-state index in [1.54, 1.807) is 12.1 Å². The quantitative estimate of drug-likeness (QED) is 0.165. The summed E-state index contributed by atoms with van der Waals surface area (Å²) < 4.78 is 42.5. The summed E-state index contributed by atoms with van der Waals surface area (Å²) in [6.07, 6.45) is 3.44. The first-order valence-electron chi connectivity index (χ1n) is 10.7. The molecule has 1 aliphatic rings. The van der Waals surface area contributed by atoms with Crippen LogP contribution in [-0.2, 0) is 11.2 Å². The number of aryl methyl sites for hydroxylation is 1. The van der Waals surface area contributed by atoms with E-state index >= 15 is 0 Å². The van der Waals surface area contributed by atoms with Gasteiger partial charge in [-0.25, -0.2) is 4.79 Å². The number of esters is 1. The van der Waals surface area contributed by atoms with E-state index in [1.807, 2.05) is 6.92 Å². The van der Waals surface area contributed by atoms with Gasteiger partial charge in [0.1, 0.15) is 21.0 Å². The SMILES string of the molecule is Cc1ccc(C(=O)O[C@@H](Cc2c(Cl)c[n+]([O-])cc2Cl)c2ccc(OC(F)F)c(OCC3CC3)c2)s1. The molecule has 35 heavy (non-hydrogen) atoms. The van der Waals surface area contributed by atoms with Crippen LogP contribution in [0.25, 0.3) is 0 Å². The van der Waals surface area contributed by atoms with Crippen molar-refractivity contribution in [3.05, 3.63) is 78.9 Å². The minimum Gasteiger partial charge on any atom is -0.619 e. The van der Waals surface area contributed by atoms with Crippen molar-refractivity contribution in [3.63, 3.8) is 0 Å². The highest BCUT2D eigenvalue weighted by molar-refractivity contribution is 7.13. The van der Waals surface area contributed by atoms with Crippen molar-refractivity contribution in [3.8, 4) is 11.5 Å². The number of nitrogens with zero attached hydrogens (tertiary/aromatic N) is 1. The third-order valence-electron chi connectivity index (χ3n) is 5.37. The molecule has 1 fully saturated rings. The Balaban J connectivity index is 1.68. The lowest BCUT2D eigenvalue weighted by molar-refractivity contribution is -0.605. The van der Waals surface area contributed by atoms with E-state index in [9.17, 15) is 18.8 Å². The van der Waals surface area contributed by atoms with Gasteiger partial charge < -0.3 is 19.4 Å². The van der Waals surface area contributed by atoms with Crippen molar-refractivity contribution < 1.29 is 32.5 Å². The maximum Gasteiger partial charge on any atom is 0.387 e. The Hall–Kier alpha value is -2.62. The number of alkyl halides is 2. The third-order valence-corrected chi connectivity index (χ3v) is 7.00. The van der Waals surface area contributed by atoms with Crippen LogP contribution in [0.1, 0.15) is 44.6 Å². The fraction of sp³-hybridized carbons (Fsp3) is 0.333. The molecule has 0 amide bonds. The zero-order valence-electron chi connectivity index (χ0n) is 18.5. The molecule has 1 saturated carbocycles. The summed E-state index contributed by atoms with van der Waals surface area (Å²) in [6, 6.07) is 7.83. The van der Waals surface area contributed by atoms with E-state index in [2.05, 4.69) is 4.74 Å². The summed E-state index contributed by atoms with van der Waals surface area (Å²) in [5, 5.41) is 11.9. The number of ether oxygens (including phenoxy) is 3. The fourth-order valence-electron chi connectivity index (χ4n) is 3.39. The molecule has 0 bridgehead atoms. The normalized spacial score (nSPS) is 14.1. The second-order valence-electron chi connectivity index (χ2n) is 8.14. The highest BCUT2D eigenvalue weighted by Crippen LogP contribution is 2.38. The van der Waals surface area contributed by atoms with Crippen molar-refractivity contribution in [2.75, 3.05) is 6.61 Å². The number of benzene rings is 1. The molecule has 0 spiro atoms. The standard InChI is InChI=1S/C24H21Cl2F2NO5S/c1-13-2-7-22(35-13)23(30)33-20(9-16-17(25)10-29(31)11-18(16)26)15-5-6-19(34-24(27)28)21(8-15)32-12-14-3-4-14/h2,5-8,10-11,14,20,24H,3-4,9,12H2,1H3/t20-/m0/s1. The Morgan fingerprint density at radius 3 is 2.49 bits per heavy atom. The zero-order valence-corrected chi connectivity index (χ0v) is 20.8. The van der Waals surface area contributed by atoms with Crippen LogP contribution in [0.3, 0.4) is 0 Å². The largest absolute Gasteiger partial charge is 0.619 e. The molecule has 11 heteroatoms. The summed E-state index contributed by atoms with van der Waals surface area (Å²) >= 11 is 13.8. The molecule has 1 aromatic carbocycles. The molecule has 1 aliphatic carbocycles. The Labute approximate surface area is 214 Å². The van der Waals surface area contributed by atoms with Gasteiger partial charge in [0.15, 0.2) is 23.9 Å². The molecule has 0 radical (unpaired) electrons. The number of rotatable bonds is 10. The highest BCUT2D eigenvalue weighted by atomic mass is 35.5. The lowest BCUT2D eigenvalue weighted by Gasteiger charge is -2.21. The average Bonchev–Trinajstić information content (AvgIpc) is 3.52. The monoisotopic (exact) mass is 543 g/mol. The molecule has 3 aromatic rings. The van der Waals surface area contributed by atoms with Crippen LogP contribution < -0.4 is 14.2 Å².